The van der Waals surface area contributed by atoms with Crippen LogP contribution in [0.1, 0.15) is 5.56 Å². The highest BCUT2D eigenvalue weighted by molar-refractivity contribution is 6.31. The summed E-state index contributed by atoms with van der Waals surface area (Å²) >= 11 is 6.17. The van der Waals surface area contributed by atoms with Crippen LogP contribution in [0.2, 0.25) is 5.02 Å². The molecule has 0 spiro atoms. The number of nitrogens with zero attached hydrogens (tertiary/aromatic N) is 2. The van der Waals surface area contributed by atoms with Crippen LogP contribution in [0.4, 0.5) is 5.88 Å². The lowest BCUT2D eigenvalue weighted by Crippen LogP contribution is -1.90. The summed E-state index contributed by atoms with van der Waals surface area (Å²) in [5.41, 5.74) is 10.1. The number of benzene rings is 1. The van der Waals surface area contributed by atoms with Gasteiger partial charge in [-0.05, 0) is 36.2 Å². The van der Waals surface area contributed by atoms with Gasteiger partial charge in [0.15, 0.2) is 0 Å². The van der Waals surface area contributed by atoms with Crippen molar-refractivity contribution in [1.29, 1.82) is 0 Å². The first-order valence-corrected chi connectivity index (χ1v) is 6.47. The molecule has 100 valence electrons. The van der Waals surface area contributed by atoms with E-state index < -0.39 is 0 Å². The van der Waals surface area contributed by atoms with Crippen molar-refractivity contribution in [2.24, 2.45) is 0 Å². The molecule has 0 radical (unpaired) electrons. The molecule has 1 aromatic carbocycles. The molecule has 0 aliphatic rings. The summed E-state index contributed by atoms with van der Waals surface area (Å²) in [5, 5.41) is 4.77. The van der Waals surface area contributed by atoms with Crippen molar-refractivity contribution in [1.82, 2.24) is 10.1 Å². The second kappa shape index (κ2) is 4.98. The van der Waals surface area contributed by atoms with Crippen LogP contribution in [0.25, 0.3) is 22.4 Å². The van der Waals surface area contributed by atoms with Crippen molar-refractivity contribution < 1.29 is 4.52 Å². The molecule has 0 bridgehead atoms. The molecular weight excluding hydrogens is 274 g/mol. The lowest BCUT2D eigenvalue weighted by molar-refractivity contribution is 0.439. The molecule has 0 unspecified atom stereocenters. The van der Waals surface area contributed by atoms with E-state index in [-0.39, 0.29) is 5.88 Å². The predicted octanol–water partition coefficient (Wildman–Crippen LogP) is 3.95. The first kappa shape index (κ1) is 12.7. The van der Waals surface area contributed by atoms with Crippen molar-refractivity contribution in [2.45, 2.75) is 6.92 Å². The molecule has 2 heterocycles. The van der Waals surface area contributed by atoms with Crippen molar-refractivity contribution >= 4 is 17.5 Å². The molecule has 0 amide bonds. The second-order valence-electron chi connectivity index (χ2n) is 4.42. The largest absolute Gasteiger partial charge is 0.367 e. The lowest BCUT2D eigenvalue weighted by atomic mass is 9.99. The first-order valence-electron chi connectivity index (χ1n) is 6.09. The molecule has 0 fully saturated rings. The highest BCUT2D eigenvalue weighted by atomic mass is 35.5. The second-order valence-corrected chi connectivity index (χ2v) is 4.83. The lowest BCUT2D eigenvalue weighted by Gasteiger charge is -2.06. The summed E-state index contributed by atoms with van der Waals surface area (Å²) < 4.78 is 5.16. The predicted molar refractivity (Wildman–Crippen MR) is 79.3 cm³/mol. The first-order chi connectivity index (χ1) is 9.68. The van der Waals surface area contributed by atoms with Crippen LogP contribution in [0.15, 0.2) is 47.2 Å². The number of aromatic nitrogens is 2. The molecule has 0 saturated carbocycles. The maximum absolute atomic E-state index is 6.17. The summed E-state index contributed by atoms with van der Waals surface area (Å²) in [6.45, 7) is 1.94. The average molecular weight is 286 g/mol. The molecular formula is C15H12ClN3O. The molecule has 2 N–H and O–H groups in total. The molecule has 0 saturated heterocycles. The Labute approximate surface area is 121 Å². The standard InChI is InChI=1S/C15H12ClN3O/c1-9-11(3-2-4-12(9)16)14-13(15(17)20-19-14)10-5-7-18-8-6-10/h2-8H,17H2,1H3. The van der Waals surface area contributed by atoms with Gasteiger partial charge in [-0.25, -0.2) is 0 Å². The van der Waals surface area contributed by atoms with Crippen LogP contribution in [0.3, 0.4) is 0 Å². The van der Waals surface area contributed by atoms with E-state index in [4.69, 9.17) is 21.9 Å². The number of halogens is 1. The minimum Gasteiger partial charge on any atom is -0.367 e. The third-order valence-corrected chi connectivity index (χ3v) is 3.62. The van der Waals surface area contributed by atoms with Crippen molar-refractivity contribution in [3.05, 3.63) is 53.3 Å². The van der Waals surface area contributed by atoms with E-state index in [1.54, 1.807) is 12.4 Å². The van der Waals surface area contributed by atoms with Gasteiger partial charge in [-0.2, -0.15) is 0 Å². The normalized spacial score (nSPS) is 10.7. The number of pyridine rings is 1. The highest BCUT2D eigenvalue weighted by Gasteiger charge is 2.19. The quantitative estimate of drug-likeness (QED) is 0.774. The summed E-state index contributed by atoms with van der Waals surface area (Å²) in [7, 11) is 0. The summed E-state index contributed by atoms with van der Waals surface area (Å²) in [6, 6.07) is 9.41. The fourth-order valence-corrected chi connectivity index (χ4v) is 2.32. The topological polar surface area (TPSA) is 64.9 Å². The van der Waals surface area contributed by atoms with E-state index >= 15 is 0 Å². The van der Waals surface area contributed by atoms with Gasteiger partial charge in [0.25, 0.3) is 0 Å². The van der Waals surface area contributed by atoms with Crippen molar-refractivity contribution in [2.75, 3.05) is 5.73 Å². The van der Waals surface area contributed by atoms with Crippen LogP contribution < -0.4 is 5.73 Å². The maximum Gasteiger partial charge on any atom is 0.230 e. The molecule has 3 rings (SSSR count). The Morgan fingerprint density at radius 1 is 1.15 bits per heavy atom. The van der Waals surface area contributed by atoms with Gasteiger partial charge in [-0.3, -0.25) is 4.98 Å². The third kappa shape index (κ3) is 2.04. The zero-order chi connectivity index (χ0) is 14.1. The smallest absolute Gasteiger partial charge is 0.230 e. The Hall–Kier alpha value is -2.33. The number of hydrogen-bond acceptors (Lipinski definition) is 4. The van der Waals surface area contributed by atoms with E-state index in [1.165, 1.54) is 0 Å². The van der Waals surface area contributed by atoms with Crippen LogP contribution in [0.5, 0.6) is 0 Å². The van der Waals surface area contributed by atoms with E-state index in [9.17, 15) is 0 Å². The monoisotopic (exact) mass is 285 g/mol. The zero-order valence-corrected chi connectivity index (χ0v) is 11.6. The van der Waals surface area contributed by atoms with Gasteiger partial charge in [-0.15, -0.1) is 0 Å². The number of anilines is 1. The van der Waals surface area contributed by atoms with Gasteiger partial charge in [0.1, 0.15) is 5.69 Å². The molecule has 0 aliphatic carbocycles. The van der Waals surface area contributed by atoms with E-state index in [1.807, 2.05) is 37.3 Å². The molecule has 20 heavy (non-hydrogen) atoms. The van der Waals surface area contributed by atoms with Crippen LogP contribution >= 0.6 is 11.6 Å². The van der Waals surface area contributed by atoms with Crippen molar-refractivity contribution in [3.8, 4) is 22.4 Å². The van der Waals surface area contributed by atoms with E-state index in [2.05, 4.69) is 10.1 Å². The van der Waals surface area contributed by atoms with Gasteiger partial charge >= 0.3 is 0 Å². The van der Waals surface area contributed by atoms with Gasteiger partial charge < -0.3 is 10.3 Å². The number of nitrogen functional groups attached to an aromatic ring is 1. The number of nitrogens with two attached hydrogens (primary N) is 1. The third-order valence-electron chi connectivity index (χ3n) is 3.21. The Morgan fingerprint density at radius 2 is 1.90 bits per heavy atom. The Morgan fingerprint density at radius 3 is 2.65 bits per heavy atom. The Balaban J connectivity index is 2.24. The van der Waals surface area contributed by atoms with Crippen LogP contribution in [-0.4, -0.2) is 10.1 Å². The summed E-state index contributed by atoms with van der Waals surface area (Å²) in [4.78, 5) is 4.01. The van der Waals surface area contributed by atoms with Gasteiger partial charge in [0.05, 0.1) is 5.56 Å². The average Bonchev–Trinajstić information content (AvgIpc) is 2.84. The van der Waals surface area contributed by atoms with Crippen LogP contribution in [0, 0.1) is 6.92 Å². The van der Waals surface area contributed by atoms with E-state index in [0.29, 0.717) is 10.7 Å². The van der Waals surface area contributed by atoms with Gasteiger partial charge in [0, 0.05) is 23.0 Å². The molecule has 0 aliphatic heterocycles. The summed E-state index contributed by atoms with van der Waals surface area (Å²) in [5.74, 6) is 0.283. The highest BCUT2D eigenvalue weighted by Crippen LogP contribution is 2.38. The van der Waals surface area contributed by atoms with Gasteiger partial charge in [-0.1, -0.05) is 28.9 Å². The molecule has 4 nitrogen and oxygen atoms in total. The molecule has 0 atom stereocenters. The van der Waals surface area contributed by atoms with Crippen LogP contribution in [-0.2, 0) is 0 Å². The van der Waals surface area contributed by atoms with Gasteiger partial charge in [0.2, 0.25) is 5.88 Å². The fraction of sp³-hybridized carbons (Fsp3) is 0.0667. The van der Waals surface area contributed by atoms with E-state index in [0.717, 1.165) is 22.3 Å². The maximum atomic E-state index is 6.17. The fourth-order valence-electron chi connectivity index (χ4n) is 2.15. The molecule has 3 aromatic rings. The molecule has 5 heteroatoms. The number of rotatable bonds is 2. The Bertz CT molecular complexity index is 753. The Kier molecular flexibility index (Phi) is 3.16. The zero-order valence-electron chi connectivity index (χ0n) is 10.8. The van der Waals surface area contributed by atoms with Crippen molar-refractivity contribution in [3.63, 3.8) is 0 Å². The number of hydrogen-bond donors (Lipinski definition) is 1. The minimum absolute atomic E-state index is 0.283. The SMILES string of the molecule is Cc1c(Cl)cccc1-c1noc(N)c1-c1ccncc1. The molecule has 2 aromatic heterocycles. The minimum atomic E-state index is 0.283. The summed E-state index contributed by atoms with van der Waals surface area (Å²) in [6.07, 6.45) is 3.41.